The average molecular weight is 325 g/mol. The highest BCUT2D eigenvalue weighted by Gasteiger charge is 2.28. The fourth-order valence-corrected chi connectivity index (χ4v) is 3.97. The van der Waals surface area contributed by atoms with Crippen LogP contribution in [0.1, 0.15) is 29.8 Å². The van der Waals surface area contributed by atoms with Crippen molar-refractivity contribution in [3.8, 4) is 0 Å². The second-order valence-electron chi connectivity index (χ2n) is 5.69. The van der Waals surface area contributed by atoms with Gasteiger partial charge in [-0.05, 0) is 25.8 Å². The molecular weight excluding hydrogens is 302 g/mol. The Bertz CT molecular complexity index is 571. The van der Waals surface area contributed by atoms with Gasteiger partial charge in [-0.3, -0.25) is 14.3 Å². The Morgan fingerprint density at radius 1 is 1.41 bits per heavy atom. The minimum atomic E-state index is -0.843. The lowest BCUT2D eigenvalue weighted by Crippen LogP contribution is -2.47. The van der Waals surface area contributed by atoms with Crippen LogP contribution >= 0.6 is 11.8 Å². The molecule has 0 bridgehead atoms. The molecule has 1 N–H and O–H groups in total. The molecule has 1 unspecified atom stereocenters. The van der Waals surface area contributed by atoms with E-state index in [1.54, 1.807) is 16.7 Å². The summed E-state index contributed by atoms with van der Waals surface area (Å²) in [6.45, 7) is 4.61. The third kappa shape index (κ3) is 3.82. The molecule has 0 aromatic carbocycles. The smallest absolute Gasteiger partial charge is 0.305 e. The number of carbonyl (C=O) groups is 2. The van der Waals surface area contributed by atoms with Gasteiger partial charge in [0.05, 0.1) is 18.2 Å². The SMILES string of the molecule is Cc1nn(C)c(C)c1CCC(=O)N1CCSCC1CC(=O)O. The van der Waals surface area contributed by atoms with Crippen molar-refractivity contribution in [1.29, 1.82) is 0 Å². The Morgan fingerprint density at radius 2 is 2.14 bits per heavy atom. The first-order valence-electron chi connectivity index (χ1n) is 7.48. The highest BCUT2D eigenvalue weighted by atomic mass is 32.2. The minimum absolute atomic E-state index is 0.0314. The van der Waals surface area contributed by atoms with Crippen LogP contribution in [0.4, 0.5) is 0 Å². The monoisotopic (exact) mass is 325 g/mol. The van der Waals surface area contributed by atoms with Crippen LogP contribution in [0.5, 0.6) is 0 Å². The Labute approximate surface area is 134 Å². The lowest BCUT2D eigenvalue weighted by molar-refractivity contribution is -0.140. The lowest BCUT2D eigenvalue weighted by Gasteiger charge is -2.34. The number of hydrogen-bond donors (Lipinski definition) is 1. The summed E-state index contributed by atoms with van der Waals surface area (Å²) in [5.74, 6) is 0.800. The van der Waals surface area contributed by atoms with Gasteiger partial charge in [0.25, 0.3) is 0 Å². The first kappa shape index (κ1) is 16.9. The van der Waals surface area contributed by atoms with E-state index in [1.807, 2.05) is 25.6 Å². The minimum Gasteiger partial charge on any atom is -0.481 e. The predicted molar refractivity (Wildman–Crippen MR) is 86.1 cm³/mol. The second kappa shape index (κ2) is 7.17. The molecule has 0 spiro atoms. The van der Waals surface area contributed by atoms with Crippen LogP contribution in [0.2, 0.25) is 0 Å². The normalized spacial score (nSPS) is 18.5. The van der Waals surface area contributed by atoms with Crippen LogP contribution in [0.3, 0.4) is 0 Å². The van der Waals surface area contributed by atoms with Crippen molar-refractivity contribution < 1.29 is 14.7 Å². The molecule has 1 aromatic heterocycles. The zero-order valence-corrected chi connectivity index (χ0v) is 14.2. The number of nitrogens with zero attached hydrogens (tertiary/aromatic N) is 3. The van der Waals surface area contributed by atoms with Gasteiger partial charge in [-0.2, -0.15) is 16.9 Å². The Morgan fingerprint density at radius 3 is 2.73 bits per heavy atom. The third-order valence-corrected chi connectivity index (χ3v) is 5.30. The Hall–Kier alpha value is -1.50. The number of aromatic nitrogens is 2. The molecule has 1 aromatic rings. The van der Waals surface area contributed by atoms with E-state index >= 15 is 0 Å². The first-order valence-corrected chi connectivity index (χ1v) is 8.63. The van der Waals surface area contributed by atoms with Gasteiger partial charge in [-0.25, -0.2) is 0 Å². The van der Waals surface area contributed by atoms with Crippen molar-refractivity contribution in [3.63, 3.8) is 0 Å². The van der Waals surface area contributed by atoms with Gasteiger partial charge in [0, 0.05) is 37.2 Å². The molecule has 1 aliphatic rings. The summed E-state index contributed by atoms with van der Waals surface area (Å²) in [7, 11) is 1.90. The summed E-state index contributed by atoms with van der Waals surface area (Å²) in [4.78, 5) is 25.2. The maximum atomic E-state index is 12.5. The summed E-state index contributed by atoms with van der Waals surface area (Å²) < 4.78 is 1.83. The largest absolute Gasteiger partial charge is 0.481 e. The lowest BCUT2D eigenvalue weighted by atomic mass is 10.1. The number of carboxylic acid groups (broad SMARTS) is 1. The summed E-state index contributed by atoms with van der Waals surface area (Å²) >= 11 is 1.72. The summed E-state index contributed by atoms with van der Waals surface area (Å²) in [5.41, 5.74) is 3.17. The first-order chi connectivity index (χ1) is 10.4. The van der Waals surface area contributed by atoms with Gasteiger partial charge in [0.15, 0.2) is 0 Å². The molecule has 0 aliphatic carbocycles. The van der Waals surface area contributed by atoms with E-state index in [1.165, 1.54) is 0 Å². The van der Waals surface area contributed by atoms with Crippen molar-refractivity contribution in [3.05, 3.63) is 17.0 Å². The molecule has 6 nitrogen and oxygen atoms in total. The van der Waals surface area contributed by atoms with Gasteiger partial charge < -0.3 is 10.0 Å². The van der Waals surface area contributed by atoms with Crippen LogP contribution in [-0.4, -0.2) is 55.8 Å². The van der Waals surface area contributed by atoms with Gasteiger partial charge in [-0.15, -0.1) is 0 Å². The molecule has 1 saturated heterocycles. The summed E-state index contributed by atoms with van der Waals surface area (Å²) in [6, 6.07) is -0.181. The summed E-state index contributed by atoms with van der Waals surface area (Å²) in [6.07, 6.45) is 1.10. The van der Waals surface area contributed by atoms with E-state index in [0.717, 1.165) is 22.7 Å². The molecule has 7 heteroatoms. The fraction of sp³-hybridized carbons (Fsp3) is 0.667. The van der Waals surface area contributed by atoms with Gasteiger partial charge in [-0.1, -0.05) is 0 Å². The maximum absolute atomic E-state index is 12.5. The van der Waals surface area contributed by atoms with E-state index in [4.69, 9.17) is 5.11 Å². The van der Waals surface area contributed by atoms with Crippen LogP contribution < -0.4 is 0 Å². The molecule has 1 atom stereocenters. The number of aliphatic carboxylic acids is 1. The topological polar surface area (TPSA) is 75.4 Å². The highest BCUT2D eigenvalue weighted by molar-refractivity contribution is 7.99. The maximum Gasteiger partial charge on any atom is 0.305 e. The van der Waals surface area contributed by atoms with Crippen molar-refractivity contribution in [2.24, 2.45) is 7.05 Å². The molecule has 1 fully saturated rings. The molecule has 0 saturated carbocycles. The Kier molecular flexibility index (Phi) is 5.50. The predicted octanol–water partition coefficient (Wildman–Crippen LogP) is 1.39. The number of carboxylic acids is 1. The summed E-state index contributed by atoms with van der Waals surface area (Å²) in [5, 5.41) is 13.4. The number of thioether (sulfide) groups is 1. The van der Waals surface area contributed by atoms with Crippen LogP contribution in [0.15, 0.2) is 0 Å². The number of aryl methyl sites for hydroxylation is 2. The van der Waals surface area contributed by atoms with E-state index < -0.39 is 5.97 Å². The zero-order chi connectivity index (χ0) is 16.3. The average Bonchev–Trinajstić information content (AvgIpc) is 2.70. The molecule has 2 rings (SSSR count). The zero-order valence-electron chi connectivity index (χ0n) is 13.3. The van der Waals surface area contributed by atoms with Crippen molar-refractivity contribution >= 4 is 23.6 Å². The van der Waals surface area contributed by atoms with Crippen LogP contribution in [-0.2, 0) is 23.1 Å². The number of amides is 1. The molecule has 122 valence electrons. The van der Waals surface area contributed by atoms with Crippen LogP contribution in [0, 0.1) is 13.8 Å². The molecule has 1 amide bonds. The van der Waals surface area contributed by atoms with Crippen molar-refractivity contribution in [2.45, 2.75) is 39.2 Å². The molecule has 0 radical (unpaired) electrons. The highest BCUT2D eigenvalue weighted by Crippen LogP contribution is 2.21. The van der Waals surface area contributed by atoms with E-state index in [-0.39, 0.29) is 18.4 Å². The third-order valence-electron chi connectivity index (χ3n) is 4.21. The van der Waals surface area contributed by atoms with E-state index in [0.29, 0.717) is 25.1 Å². The molecule has 22 heavy (non-hydrogen) atoms. The molecule has 2 heterocycles. The van der Waals surface area contributed by atoms with Crippen molar-refractivity contribution in [1.82, 2.24) is 14.7 Å². The number of carbonyl (C=O) groups excluding carboxylic acids is 1. The van der Waals surface area contributed by atoms with Gasteiger partial charge in [0.2, 0.25) is 5.91 Å². The Balaban J connectivity index is 1.99. The fourth-order valence-electron chi connectivity index (χ4n) is 2.91. The molecule has 1 aliphatic heterocycles. The standard InChI is InChI=1S/C15H23N3O3S/c1-10-13(11(2)17(3)16-10)4-5-14(19)18-6-7-22-9-12(18)8-15(20)21/h12H,4-9H2,1-3H3,(H,20,21). The van der Waals surface area contributed by atoms with Gasteiger partial charge >= 0.3 is 5.97 Å². The van der Waals surface area contributed by atoms with Crippen LogP contribution in [0.25, 0.3) is 0 Å². The van der Waals surface area contributed by atoms with E-state index in [2.05, 4.69) is 5.10 Å². The van der Waals surface area contributed by atoms with E-state index in [9.17, 15) is 9.59 Å². The van der Waals surface area contributed by atoms with Gasteiger partial charge in [0.1, 0.15) is 0 Å². The second-order valence-corrected chi connectivity index (χ2v) is 6.84. The number of rotatable bonds is 5. The quantitative estimate of drug-likeness (QED) is 0.885. The van der Waals surface area contributed by atoms with Crippen molar-refractivity contribution in [2.75, 3.05) is 18.1 Å². The molecular formula is C15H23N3O3S. The number of hydrogen-bond acceptors (Lipinski definition) is 4.